The summed E-state index contributed by atoms with van der Waals surface area (Å²) in [5.74, 6) is -0.767. The Balaban J connectivity index is 0.00000200. The largest absolute Gasteiger partial charge is 1.00 e. The first-order chi connectivity index (χ1) is 9.11. The van der Waals surface area contributed by atoms with Gasteiger partial charge in [-0.25, -0.2) is 0 Å². The van der Waals surface area contributed by atoms with Gasteiger partial charge >= 0.3 is 29.6 Å². The Morgan fingerprint density at radius 3 is 2.20 bits per heavy atom. The van der Waals surface area contributed by atoms with Crippen molar-refractivity contribution >= 4 is 29.1 Å². The predicted octanol–water partition coefficient (Wildman–Crippen LogP) is -1.57. The van der Waals surface area contributed by atoms with Gasteiger partial charge in [0, 0.05) is 0 Å². The zero-order chi connectivity index (χ0) is 13.9. The number of thiocarbonyl (C=S) groups is 1. The third-order valence-corrected chi connectivity index (χ3v) is 3.36. The third kappa shape index (κ3) is 3.01. The first kappa shape index (κ1) is 17.0. The molecule has 0 unspecified atom stereocenters. The van der Waals surface area contributed by atoms with Crippen molar-refractivity contribution in [3.05, 3.63) is 48.0 Å². The minimum absolute atomic E-state index is 0. The molecule has 0 bridgehead atoms. The molecule has 1 aliphatic rings. The molecule has 4 nitrogen and oxygen atoms in total. The molecule has 1 heterocycles. The van der Waals surface area contributed by atoms with Gasteiger partial charge in [0.1, 0.15) is 0 Å². The van der Waals surface area contributed by atoms with E-state index in [1.54, 1.807) is 30.3 Å². The van der Waals surface area contributed by atoms with Crippen molar-refractivity contribution in [3.63, 3.8) is 0 Å². The van der Waals surface area contributed by atoms with E-state index in [4.69, 9.17) is 12.2 Å². The summed E-state index contributed by atoms with van der Waals surface area (Å²) in [6.45, 7) is 1.85. The molecule has 0 spiro atoms. The van der Waals surface area contributed by atoms with Gasteiger partial charge in [0.05, 0.1) is 0 Å². The summed E-state index contributed by atoms with van der Waals surface area (Å²) in [7, 11) is 0. The number of carbonyl (C=O) groups is 2. The number of hydrogen-bond acceptors (Lipinski definition) is 3. The van der Waals surface area contributed by atoms with Crippen molar-refractivity contribution in [2.24, 2.45) is 0 Å². The summed E-state index contributed by atoms with van der Waals surface area (Å²) < 4.78 is 0. The van der Waals surface area contributed by atoms with Crippen LogP contribution in [0.25, 0.3) is 0 Å². The third-order valence-electron chi connectivity index (χ3n) is 3.16. The van der Waals surface area contributed by atoms with Crippen LogP contribution in [-0.4, -0.2) is 16.9 Å². The summed E-state index contributed by atoms with van der Waals surface area (Å²) in [6.07, 6.45) is 3.92. The molecule has 0 saturated carbocycles. The maximum absolute atomic E-state index is 12.4. The second-order valence-corrected chi connectivity index (χ2v) is 4.69. The van der Waals surface area contributed by atoms with Gasteiger partial charge in [-0.1, -0.05) is 42.5 Å². The summed E-state index contributed by atoms with van der Waals surface area (Å²) in [5, 5.41) is 5.13. The standard InChI is InChI=1S/C14H14N2O2S.Na/c1-2-3-9-14(10-7-5-4-6-8-10)11(17)15-13(19)16-12(14)18;/h2-8H,9H2,1H3,(H2,15,16,17,18,19);/q;+1/b3-2+;. The molecule has 0 radical (unpaired) electrons. The van der Waals surface area contributed by atoms with Gasteiger partial charge in [-0.3, -0.25) is 9.59 Å². The van der Waals surface area contributed by atoms with E-state index in [9.17, 15) is 9.59 Å². The number of rotatable bonds is 3. The van der Waals surface area contributed by atoms with Crippen molar-refractivity contribution in [2.45, 2.75) is 18.8 Å². The van der Waals surface area contributed by atoms with E-state index in [1.807, 2.05) is 19.1 Å². The average Bonchev–Trinajstić information content (AvgIpc) is 2.39. The minimum Gasteiger partial charge on any atom is -0.302 e. The number of amides is 2. The number of carbonyl (C=O) groups excluding carboxylic acids is 2. The van der Waals surface area contributed by atoms with E-state index in [2.05, 4.69) is 10.6 Å². The van der Waals surface area contributed by atoms with Gasteiger partial charge in [-0.05, 0) is 31.1 Å². The molecule has 98 valence electrons. The van der Waals surface area contributed by atoms with Crippen molar-refractivity contribution < 1.29 is 39.1 Å². The number of allylic oxidation sites excluding steroid dienone is 2. The molecule has 1 aromatic rings. The van der Waals surface area contributed by atoms with E-state index in [1.165, 1.54) is 0 Å². The van der Waals surface area contributed by atoms with Gasteiger partial charge in [0.25, 0.3) is 0 Å². The number of nitrogens with one attached hydrogen (secondary N) is 2. The molecule has 20 heavy (non-hydrogen) atoms. The fourth-order valence-electron chi connectivity index (χ4n) is 2.14. The predicted molar refractivity (Wildman–Crippen MR) is 76.4 cm³/mol. The topological polar surface area (TPSA) is 58.2 Å². The van der Waals surface area contributed by atoms with Crippen LogP contribution in [0, 0.1) is 0 Å². The monoisotopic (exact) mass is 297 g/mol. The Kier molecular flexibility index (Phi) is 6.07. The quantitative estimate of drug-likeness (QED) is 0.307. The Labute approximate surface area is 145 Å². The second-order valence-electron chi connectivity index (χ2n) is 4.28. The summed E-state index contributed by atoms with van der Waals surface area (Å²) in [5.41, 5.74) is -0.596. The van der Waals surface area contributed by atoms with Crippen LogP contribution in [0.4, 0.5) is 0 Å². The van der Waals surface area contributed by atoms with E-state index in [-0.39, 0.29) is 46.5 Å². The molecule has 2 amide bonds. The second kappa shape index (κ2) is 7.13. The van der Waals surface area contributed by atoms with E-state index in [0.717, 1.165) is 0 Å². The molecular weight excluding hydrogens is 283 g/mol. The van der Waals surface area contributed by atoms with Crippen LogP contribution in [0.2, 0.25) is 0 Å². The molecule has 0 aromatic heterocycles. The summed E-state index contributed by atoms with van der Waals surface area (Å²) in [6, 6.07) is 9.00. The van der Waals surface area contributed by atoms with Gasteiger partial charge in [-0.2, -0.15) is 0 Å². The fraction of sp³-hybridized carbons (Fsp3) is 0.214. The number of benzene rings is 1. The Morgan fingerprint density at radius 1 is 1.15 bits per heavy atom. The van der Waals surface area contributed by atoms with Crippen molar-refractivity contribution in [1.29, 1.82) is 0 Å². The van der Waals surface area contributed by atoms with Crippen LogP contribution in [0.3, 0.4) is 0 Å². The molecule has 0 aliphatic carbocycles. The normalized spacial score (nSPS) is 17.4. The summed E-state index contributed by atoms with van der Waals surface area (Å²) >= 11 is 4.84. The van der Waals surface area contributed by atoms with Crippen LogP contribution in [0.5, 0.6) is 0 Å². The fourth-order valence-corrected chi connectivity index (χ4v) is 2.32. The van der Waals surface area contributed by atoms with Crippen molar-refractivity contribution in [1.82, 2.24) is 10.6 Å². The smallest absolute Gasteiger partial charge is 0.302 e. The Hall–Kier alpha value is -1.01. The van der Waals surface area contributed by atoms with Crippen LogP contribution in [0.15, 0.2) is 42.5 Å². The molecule has 2 N–H and O–H groups in total. The Bertz CT molecular complexity index is 538. The SMILES string of the molecule is C/C=C/CC1(c2ccccc2)C(=O)NC(=S)NC1=O.[Na+]. The van der Waals surface area contributed by atoms with Gasteiger partial charge in [-0.15, -0.1) is 0 Å². The van der Waals surface area contributed by atoms with Crippen LogP contribution >= 0.6 is 12.2 Å². The zero-order valence-corrected chi connectivity index (χ0v) is 14.3. The molecule has 2 rings (SSSR count). The summed E-state index contributed by atoms with van der Waals surface area (Å²) in [4.78, 5) is 24.7. The van der Waals surface area contributed by atoms with E-state index >= 15 is 0 Å². The number of hydrogen-bond donors (Lipinski definition) is 2. The molecule has 1 saturated heterocycles. The van der Waals surface area contributed by atoms with Crippen LogP contribution < -0.4 is 40.2 Å². The first-order valence-electron chi connectivity index (χ1n) is 5.95. The van der Waals surface area contributed by atoms with Crippen LogP contribution in [-0.2, 0) is 15.0 Å². The molecule has 6 heteroatoms. The minimum atomic E-state index is -1.25. The molecule has 1 fully saturated rings. The maximum Gasteiger partial charge on any atom is 1.00 e. The maximum atomic E-state index is 12.4. The van der Waals surface area contributed by atoms with Crippen molar-refractivity contribution in [2.75, 3.05) is 0 Å². The van der Waals surface area contributed by atoms with E-state index < -0.39 is 5.41 Å². The van der Waals surface area contributed by atoms with Gasteiger partial charge in [0.15, 0.2) is 10.5 Å². The first-order valence-corrected chi connectivity index (χ1v) is 6.35. The molecular formula is C14H14N2NaO2S+. The van der Waals surface area contributed by atoms with E-state index in [0.29, 0.717) is 12.0 Å². The van der Waals surface area contributed by atoms with Gasteiger partial charge in [0.2, 0.25) is 11.8 Å². The molecule has 1 aromatic carbocycles. The van der Waals surface area contributed by atoms with Crippen molar-refractivity contribution in [3.8, 4) is 0 Å². The molecule has 0 atom stereocenters. The van der Waals surface area contributed by atoms with Crippen LogP contribution in [0.1, 0.15) is 18.9 Å². The molecule has 1 aliphatic heterocycles. The zero-order valence-electron chi connectivity index (χ0n) is 11.5. The Morgan fingerprint density at radius 2 is 1.70 bits per heavy atom. The van der Waals surface area contributed by atoms with Gasteiger partial charge < -0.3 is 10.6 Å². The average molecular weight is 297 g/mol.